The fraction of sp³-hybridized carbons (Fsp3) is 0.133. The largest absolute Gasteiger partial charge is 0.443 e. The minimum Gasteiger partial charge on any atom is -0.443 e. The van der Waals surface area contributed by atoms with Gasteiger partial charge in [0.1, 0.15) is 23.0 Å². The van der Waals surface area contributed by atoms with E-state index < -0.39 is 11.7 Å². The Morgan fingerprint density at radius 2 is 2.12 bits per heavy atom. The van der Waals surface area contributed by atoms with E-state index in [0.29, 0.717) is 17.1 Å². The number of halogens is 3. The van der Waals surface area contributed by atoms with E-state index in [1.807, 2.05) is 17.5 Å². The molecular formula is C15H9F3N4O2S. The van der Waals surface area contributed by atoms with Crippen LogP contribution in [0.25, 0.3) is 21.8 Å². The standard InChI is InChI=1S/C15H9F3N4O2S/c16-15(17,18)9-3-4-11-12(6-9)22(21-20-11)24-8-10-7-23-14(19-10)13-2-1-5-25-13/h1-7H,8H2. The van der Waals surface area contributed by atoms with E-state index in [2.05, 4.69) is 15.3 Å². The van der Waals surface area contributed by atoms with Gasteiger partial charge in [0, 0.05) is 0 Å². The summed E-state index contributed by atoms with van der Waals surface area (Å²) in [6.07, 6.45) is -3.03. The molecular weight excluding hydrogens is 357 g/mol. The zero-order chi connectivity index (χ0) is 17.4. The Balaban J connectivity index is 1.55. The Morgan fingerprint density at radius 1 is 1.24 bits per heavy atom. The van der Waals surface area contributed by atoms with Crippen LogP contribution in [0, 0.1) is 0 Å². The highest BCUT2D eigenvalue weighted by Gasteiger charge is 2.31. The first-order chi connectivity index (χ1) is 12.0. The molecule has 0 spiro atoms. The predicted molar refractivity (Wildman–Crippen MR) is 82.6 cm³/mol. The summed E-state index contributed by atoms with van der Waals surface area (Å²) in [5.41, 5.74) is 0.108. The van der Waals surface area contributed by atoms with Crippen LogP contribution in [-0.2, 0) is 12.8 Å². The van der Waals surface area contributed by atoms with Crippen LogP contribution < -0.4 is 4.84 Å². The first-order valence-corrected chi connectivity index (χ1v) is 7.93. The summed E-state index contributed by atoms with van der Waals surface area (Å²) in [6.45, 7) is -0.0242. The summed E-state index contributed by atoms with van der Waals surface area (Å²) < 4.78 is 43.8. The topological polar surface area (TPSA) is 66.0 Å². The minimum atomic E-state index is -4.45. The van der Waals surface area contributed by atoms with Crippen LogP contribution in [0.4, 0.5) is 13.2 Å². The molecule has 128 valence electrons. The average molecular weight is 366 g/mol. The van der Waals surface area contributed by atoms with Crippen LogP contribution in [0.15, 0.2) is 46.4 Å². The van der Waals surface area contributed by atoms with Crippen molar-refractivity contribution in [3.63, 3.8) is 0 Å². The third-order valence-electron chi connectivity index (χ3n) is 3.36. The maximum atomic E-state index is 12.8. The van der Waals surface area contributed by atoms with Gasteiger partial charge in [0.25, 0.3) is 0 Å². The number of alkyl halides is 3. The van der Waals surface area contributed by atoms with Crippen molar-refractivity contribution in [3.05, 3.63) is 53.2 Å². The van der Waals surface area contributed by atoms with Crippen LogP contribution in [0.1, 0.15) is 11.3 Å². The molecule has 0 aliphatic carbocycles. The number of hydrogen-bond acceptors (Lipinski definition) is 6. The molecule has 0 atom stereocenters. The summed E-state index contributed by atoms with van der Waals surface area (Å²) in [4.78, 5) is 11.5. The number of hydrogen-bond donors (Lipinski definition) is 0. The molecule has 25 heavy (non-hydrogen) atoms. The lowest BCUT2D eigenvalue weighted by molar-refractivity contribution is -0.137. The lowest BCUT2D eigenvalue weighted by atomic mass is 10.2. The van der Waals surface area contributed by atoms with Gasteiger partial charge in [-0.2, -0.15) is 13.2 Å². The Hall–Kier alpha value is -2.88. The molecule has 0 fully saturated rings. The van der Waals surface area contributed by atoms with Crippen molar-refractivity contribution in [1.29, 1.82) is 0 Å². The molecule has 4 aromatic rings. The van der Waals surface area contributed by atoms with Crippen LogP contribution in [-0.4, -0.2) is 20.1 Å². The van der Waals surface area contributed by atoms with E-state index in [4.69, 9.17) is 9.25 Å². The molecule has 0 N–H and O–H groups in total. The SMILES string of the molecule is FC(F)(F)c1ccc2nnn(OCc3coc(-c4cccs4)n3)c2c1. The lowest BCUT2D eigenvalue weighted by Crippen LogP contribution is -2.13. The van der Waals surface area contributed by atoms with Crippen LogP contribution in [0.2, 0.25) is 0 Å². The van der Waals surface area contributed by atoms with Crippen molar-refractivity contribution in [2.75, 3.05) is 0 Å². The molecule has 0 aliphatic heterocycles. The summed E-state index contributed by atoms with van der Waals surface area (Å²) in [7, 11) is 0. The monoisotopic (exact) mass is 366 g/mol. The molecule has 6 nitrogen and oxygen atoms in total. The second-order valence-electron chi connectivity index (χ2n) is 5.06. The van der Waals surface area contributed by atoms with Crippen LogP contribution in [0.5, 0.6) is 0 Å². The fourth-order valence-electron chi connectivity index (χ4n) is 2.18. The van der Waals surface area contributed by atoms with E-state index in [1.165, 1.54) is 23.7 Å². The van der Waals surface area contributed by atoms with E-state index in [0.717, 1.165) is 21.9 Å². The Bertz CT molecular complexity index is 1010. The van der Waals surface area contributed by atoms with Crippen molar-refractivity contribution >= 4 is 22.4 Å². The maximum absolute atomic E-state index is 12.8. The first kappa shape index (κ1) is 15.6. The average Bonchev–Trinajstić information content (AvgIpc) is 3.31. The first-order valence-electron chi connectivity index (χ1n) is 7.05. The summed E-state index contributed by atoms with van der Waals surface area (Å²) in [5.74, 6) is 0.455. The van der Waals surface area contributed by atoms with E-state index in [9.17, 15) is 13.2 Å². The third kappa shape index (κ3) is 3.07. The molecule has 0 bridgehead atoms. The van der Waals surface area contributed by atoms with E-state index in [-0.39, 0.29) is 12.1 Å². The van der Waals surface area contributed by atoms with Gasteiger partial charge in [0.15, 0.2) is 6.61 Å². The molecule has 0 saturated carbocycles. The number of benzene rings is 1. The number of aromatic nitrogens is 4. The van der Waals surface area contributed by atoms with Gasteiger partial charge >= 0.3 is 6.18 Å². The summed E-state index contributed by atoms with van der Waals surface area (Å²) in [5, 5.41) is 9.39. The number of rotatable bonds is 4. The van der Waals surface area contributed by atoms with Gasteiger partial charge in [-0.25, -0.2) is 4.98 Å². The van der Waals surface area contributed by atoms with E-state index >= 15 is 0 Å². The molecule has 3 aromatic heterocycles. The number of oxazole rings is 1. The highest BCUT2D eigenvalue weighted by Crippen LogP contribution is 2.30. The molecule has 0 saturated heterocycles. The second kappa shape index (κ2) is 5.88. The normalized spacial score (nSPS) is 12.0. The Morgan fingerprint density at radius 3 is 2.88 bits per heavy atom. The van der Waals surface area contributed by atoms with Crippen LogP contribution >= 0.6 is 11.3 Å². The highest BCUT2D eigenvalue weighted by molar-refractivity contribution is 7.13. The molecule has 0 aliphatic rings. The van der Waals surface area contributed by atoms with Gasteiger partial charge < -0.3 is 9.25 Å². The molecule has 3 heterocycles. The minimum absolute atomic E-state index is 0.0242. The summed E-state index contributed by atoms with van der Waals surface area (Å²) >= 11 is 1.48. The van der Waals surface area contributed by atoms with E-state index in [1.54, 1.807) is 0 Å². The number of thiophene rings is 1. The molecule has 0 radical (unpaired) electrons. The molecule has 0 unspecified atom stereocenters. The predicted octanol–water partition coefficient (Wildman–Crippen LogP) is 3.80. The van der Waals surface area contributed by atoms with Gasteiger partial charge in [-0.05, 0) is 34.9 Å². The molecule has 0 amide bonds. The van der Waals surface area contributed by atoms with Crippen LogP contribution in [0.3, 0.4) is 0 Å². The van der Waals surface area contributed by atoms with Gasteiger partial charge in [0.2, 0.25) is 5.89 Å². The second-order valence-corrected chi connectivity index (χ2v) is 6.01. The van der Waals surface area contributed by atoms with Crippen molar-refractivity contribution in [3.8, 4) is 10.8 Å². The van der Waals surface area contributed by atoms with Gasteiger partial charge in [0.05, 0.1) is 10.4 Å². The lowest BCUT2D eigenvalue weighted by Gasteiger charge is -2.07. The Kier molecular flexibility index (Phi) is 3.68. The smallest absolute Gasteiger partial charge is 0.416 e. The van der Waals surface area contributed by atoms with Crippen molar-refractivity contribution < 1.29 is 22.4 Å². The highest BCUT2D eigenvalue weighted by atomic mass is 32.1. The number of fused-ring (bicyclic) bond motifs is 1. The quantitative estimate of drug-likeness (QED) is 0.550. The summed E-state index contributed by atoms with van der Waals surface area (Å²) in [6, 6.07) is 6.88. The maximum Gasteiger partial charge on any atom is 0.416 e. The number of nitrogens with zero attached hydrogens (tertiary/aromatic N) is 4. The van der Waals surface area contributed by atoms with Crippen molar-refractivity contribution in [1.82, 2.24) is 20.1 Å². The third-order valence-corrected chi connectivity index (χ3v) is 4.22. The van der Waals surface area contributed by atoms with Gasteiger partial charge in [-0.1, -0.05) is 10.9 Å². The molecule has 4 rings (SSSR count). The van der Waals surface area contributed by atoms with Gasteiger partial charge in [-0.15, -0.1) is 16.4 Å². The van der Waals surface area contributed by atoms with Crippen molar-refractivity contribution in [2.45, 2.75) is 12.8 Å². The zero-order valence-electron chi connectivity index (χ0n) is 12.4. The van der Waals surface area contributed by atoms with Crippen molar-refractivity contribution in [2.24, 2.45) is 0 Å². The molecule has 1 aromatic carbocycles. The Labute approximate surface area is 142 Å². The van der Waals surface area contributed by atoms with Gasteiger partial charge in [-0.3, -0.25) is 0 Å². The fourth-order valence-corrected chi connectivity index (χ4v) is 2.84. The zero-order valence-corrected chi connectivity index (χ0v) is 13.2. The molecule has 10 heteroatoms.